The van der Waals surface area contributed by atoms with Crippen LogP contribution in [0.4, 0.5) is 0 Å². The number of carbonyl (C=O) groups is 1. The molecule has 2 heterocycles. The van der Waals surface area contributed by atoms with Gasteiger partial charge in [0.2, 0.25) is 0 Å². The third-order valence-electron chi connectivity index (χ3n) is 5.72. The maximum Gasteiger partial charge on any atom is 0.338 e. The van der Waals surface area contributed by atoms with Gasteiger partial charge < -0.3 is 18.9 Å². The van der Waals surface area contributed by atoms with Crippen LogP contribution < -0.4 is 29.1 Å². The van der Waals surface area contributed by atoms with Crippen molar-refractivity contribution in [2.45, 2.75) is 19.9 Å². The summed E-state index contributed by atoms with van der Waals surface area (Å²) in [6.07, 6.45) is 1.79. The number of allylic oxidation sites excluding steroid dienone is 1. The molecule has 3 aromatic rings. The number of esters is 1. The standard InChI is InChI=1S/C26H25BrN2O6S/c1-6-35-25(31)22-14(2)28-26-29(23(22)17-13-16(32-3)8-10-19(17)33-4)24(30)21(36-26)12-15-7-9-20(34-5)18(27)11-15/h7-13,23H,6H2,1-5H3/b21-12+/t23-/m0/s1. The molecule has 10 heteroatoms. The van der Waals surface area contributed by atoms with E-state index < -0.39 is 12.0 Å². The zero-order valence-corrected chi connectivity index (χ0v) is 22.9. The number of rotatable bonds is 7. The Hall–Kier alpha value is -3.37. The molecule has 0 aliphatic carbocycles. The molecule has 8 nitrogen and oxygen atoms in total. The fourth-order valence-corrected chi connectivity index (χ4v) is 5.67. The highest BCUT2D eigenvalue weighted by molar-refractivity contribution is 9.10. The van der Waals surface area contributed by atoms with E-state index in [4.69, 9.17) is 18.9 Å². The number of ether oxygens (including phenoxy) is 4. The van der Waals surface area contributed by atoms with Crippen LogP contribution in [-0.4, -0.2) is 38.5 Å². The van der Waals surface area contributed by atoms with Crippen molar-refractivity contribution in [3.63, 3.8) is 0 Å². The van der Waals surface area contributed by atoms with Gasteiger partial charge in [-0.2, -0.15) is 0 Å². The molecule has 0 N–H and O–H groups in total. The smallest absolute Gasteiger partial charge is 0.338 e. The lowest BCUT2D eigenvalue weighted by atomic mass is 9.94. The highest BCUT2D eigenvalue weighted by Gasteiger charge is 2.35. The van der Waals surface area contributed by atoms with E-state index in [-0.39, 0.29) is 17.7 Å². The molecule has 4 rings (SSSR count). The van der Waals surface area contributed by atoms with Gasteiger partial charge >= 0.3 is 5.97 Å². The van der Waals surface area contributed by atoms with Gasteiger partial charge in [0.1, 0.15) is 23.3 Å². The average Bonchev–Trinajstić information content (AvgIpc) is 3.17. The Bertz CT molecular complexity index is 1540. The van der Waals surface area contributed by atoms with E-state index in [1.807, 2.05) is 18.2 Å². The van der Waals surface area contributed by atoms with Crippen LogP contribution in [0.15, 0.2) is 61.9 Å². The molecule has 1 aromatic heterocycles. The number of thiazole rings is 1. The van der Waals surface area contributed by atoms with Crippen molar-refractivity contribution in [1.82, 2.24) is 4.57 Å². The van der Waals surface area contributed by atoms with Gasteiger partial charge in [-0.15, -0.1) is 0 Å². The molecule has 0 spiro atoms. The summed E-state index contributed by atoms with van der Waals surface area (Å²) in [5.41, 5.74) is 1.87. The first-order valence-corrected chi connectivity index (χ1v) is 12.7. The Balaban J connectivity index is 1.99. The molecule has 0 unspecified atom stereocenters. The van der Waals surface area contributed by atoms with E-state index >= 15 is 0 Å². The molecule has 1 aliphatic heterocycles. The van der Waals surface area contributed by atoms with E-state index in [1.165, 1.54) is 23.0 Å². The SMILES string of the molecule is CCOC(=O)C1=C(C)N=c2s/c(=C/c3ccc(OC)c(Br)c3)c(=O)n2[C@H]1c1cc(OC)ccc1OC. The Morgan fingerprint density at radius 1 is 1.11 bits per heavy atom. The van der Waals surface area contributed by atoms with Gasteiger partial charge in [-0.05, 0) is 71.7 Å². The van der Waals surface area contributed by atoms with Crippen LogP contribution in [0.2, 0.25) is 0 Å². The van der Waals surface area contributed by atoms with Gasteiger partial charge in [0, 0.05) is 5.56 Å². The van der Waals surface area contributed by atoms with Crippen LogP contribution in [-0.2, 0) is 9.53 Å². The predicted octanol–water partition coefficient (Wildman–Crippen LogP) is 3.59. The van der Waals surface area contributed by atoms with Gasteiger partial charge in [-0.3, -0.25) is 9.36 Å². The number of hydrogen-bond donors (Lipinski definition) is 0. The lowest BCUT2D eigenvalue weighted by Crippen LogP contribution is -2.40. The second-order valence-corrected chi connectivity index (χ2v) is 9.67. The predicted molar refractivity (Wildman–Crippen MR) is 141 cm³/mol. The minimum atomic E-state index is -0.810. The highest BCUT2D eigenvalue weighted by Crippen LogP contribution is 2.37. The molecule has 0 bridgehead atoms. The van der Waals surface area contributed by atoms with Crippen LogP contribution in [0, 0.1) is 0 Å². The van der Waals surface area contributed by atoms with Gasteiger partial charge in [0.05, 0.1) is 48.2 Å². The quantitative estimate of drug-likeness (QED) is 0.402. The molecule has 0 saturated heterocycles. The van der Waals surface area contributed by atoms with Gasteiger partial charge in [-0.25, -0.2) is 9.79 Å². The summed E-state index contributed by atoms with van der Waals surface area (Å²) in [5.74, 6) is 1.22. The largest absolute Gasteiger partial charge is 0.497 e. The minimum Gasteiger partial charge on any atom is -0.497 e. The summed E-state index contributed by atoms with van der Waals surface area (Å²) in [5, 5.41) is 0. The van der Waals surface area contributed by atoms with Crippen molar-refractivity contribution < 1.29 is 23.7 Å². The van der Waals surface area contributed by atoms with E-state index in [0.29, 0.717) is 37.8 Å². The summed E-state index contributed by atoms with van der Waals surface area (Å²) >= 11 is 4.73. The number of fused-ring (bicyclic) bond motifs is 1. The number of hydrogen-bond acceptors (Lipinski definition) is 8. The van der Waals surface area contributed by atoms with E-state index in [1.54, 1.807) is 52.3 Å². The first-order valence-electron chi connectivity index (χ1n) is 11.1. The second kappa shape index (κ2) is 10.7. The average molecular weight is 573 g/mol. The summed E-state index contributed by atoms with van der Waals surface area (Å²) in [4.78, 5) is 32.0. The van der Waals surface area contributed by atoms with Crippen LogP contribution >= 0.6 is 27.3 Å². The van der Waals surface area contributed by atoms with Gasteiger partial charge in [0.15, 0.2) is 4.80 Å². The minimum absolute atomic E-state index is 0.189. The first-order chi connectivity index (χ1) is 17.3. The molecule has 36 heavy (non-hydrogen) atoms. The Labute approximate surface area is 220 Å². The van der Waals surface area contributed by atoms with Crippen molar-refractivity contribution in [1.29, 1.82) is 0 Å². The maximum atomic E-state index is 13.8. The van der Waals surface area contributed by atoms with Gasteiger partial charge in [-0.1, -0.05) is 17.4 Å². The van der Waals surface area contributed by atoms with Crippen molar-refractivity contribution in [2.75, 3.05) is 27.9 Å². The van der Waals surface area contributed by atoms with Crippen molar-refractivity contribution in [3.05, 3.63) is 83.0 Å². The summed E-state index contributed by atoms with van der Waals surface area (Å²) < 4.78 is 24.5. The van der Waals surface area contributed by atoms with Crippen molar-refractivity contribution >= 4 is 39.3 Å². The third kappa shape index (κ3) is 4.70. The van der Waals surface area contributed by atoms with Crippen LogP contribution in [0.3, 0.4) is 0 Å². The number of nitrogens with zero attached hydrogens (tertiary/aromatic N) is 2. The fraction of sp³-hybridized carbons (Fsp3) is 0.269. The van der Waals surface area contributed by atoms with Crippen LogP contribution in [0.25, 0.3) is 6.08 Å². The van der Waals surface area contributed by atoms with Crippen LogP contribution in [0.5, 0.6) is 17.2 Å². The molecule has 2 aromatic carbocycles. The third-order valence-corrected chi connectivity index (χ3v) is 7.32. The number of halogens is 1. The molecule has 0 amide bonds. The van der Waals surface area contributed by atoms with E-state index in [9.17, 15) is 9.59 Å². The molecule has 0 fully saturated rings. The molecule has 1 aliphatic rings. The van der Waals surface area contributed by atoms with Crippen molar-refractivity contribution in [2.24, 2.45) is 4.99 Å². The number of benzene rings is 2. The van der Waals surface area contributed by atoms with E-state index in [2.05, 4.69) is 20.9 Å². The van der Waals surface area contributed by atoms with E-state index in [0.717, 1.165) is 10.0 Å². The summed E-state index contributed by atoms with van der Waals surface area (Å²) in [6.45, 7) is 3.66. The zero-order valence-electron chi connectivity index (χ0n) is 20.5. The highest BCUT2D eigenvalue weighted by atomic mass is 79.9. The molecule has 0 radical (unpaired) electrons. The van der Waals surface area contributed by atoms with Gasteiger partial charge in [0.25, 0.3) is 5.56 Å². The Morgan fingerprint density at radius 2 is 1.83 bits per heavy atom. The molecule has 188 valence electrons. The molecule has 0 saturated carbocycles. The first kappa shape index (κ1) is 25.7. The fourth-order valence-electron chi connectivity index (χ4n) is 4.06. The second-order valence-electron chi connectivity index (χ2n) is 7.80. The normalized spacial score (nSPS) is 15.3. The summed E-state index contributed by atoms with van der Waals surface area (Å²) in [6, 6.07) is 10.0. The zero-order chi connectivity index (χ0) is 26.0. The Morgan fingerprint density at radius 3 is 2.47 bits per heavy atom. The van der Waals surface area contributed by atoms with Crippen LogP contribution in [0.1, 0.15) is 31.0 Å². The number of methoxy groups -OCH3 is 3. The molecular weight excluding hydrogens is 548 g/mol. The number of carbonyl (C=O) groups excluding carboxylic acids is 1. The monoisotopic (exact) mass is 572 g/mol. The lowest BCUT2D eigenvalue weighted by Gasteiger charge is -2.26. The lowest BCUT2D eigenvalue weighted by molar-refractivity contribution is -0.139. The van der Waals surface area contributed by atoms with Crippen molar-refractivity contribution in [3.8, 4) is 17.2 Å². The number of aromatic nitrogens is 1. The maximum absolute atomic E-state index is 13.8. The Kier molecular flexibility index (Phi) is 7.65. The topological polar surface area (TPSA) is 88.4 Å². The summed E-state index contributed by atoms with van der Waals surface area (Å²) in [7, 11) is 4.68. The molecular formula is C26H25BrN2O6S. The molecule has 1 atom stereocenters.